The first-order valence-electron chi connectivity index (χ1n) is 6.79. The molecular formula is C14H18N4O2S. The third-order valence-corrected chi connectivity index (χ3v) is 3.37. The van der Waals surface area contributed by atoms with E-state index in [0.717, 1.165) is 18.8 Å². The first-order valence-corrected chi connectivity index (χ1v) is 7.19. The second-order valence-corrected chi connectivity index (χ2v) is 5.37. The zero-order valence-electron chi connectivity index (χ0n) is 11.6. The molecule has 1 heterocycles. The Morgan fingerprint density at radius 1 is 1.14 bits per heavy atom. The Bertz CT molecular complexity index is 538. The fourth-order valence-electron chi connectivity index (χ4n) is 2.17. The van der Waals surface area contributed by atoms with Crippen LogP contribution in [0.15, 0.2) is 24.3 Å². The quantitative estimate of drug-likeness (QED) is 0.561. The van der Waals surface area contributed by atoms with Crippen LogP contribution < -0.4 is 21.3 Å². The molecule has 1 fully saturated rings. The van der Waals surface area contributed by atoms with Crippen molar-refractivity contribution in [1.82, 2.24) is 5.32 Å². The number of anilines is 2. The van der Waals surface area contributed by atoms with Gasteiger partial charge in [-0.2, -0.15) is 0 Å². The molecule has 0 radical (unpaired) electrons. The lowest BCUT2D eigenvalue weighted by molar-refractivity contribution is -0.135. The Morgan fingerprint density at radius 3 is 2.33 bits per heavy atom. The zero-order chi connectivity index (χ0) is 15.2. The van der Waals surface area contributed by atoms with Crippen molar-refractivity contribution >= 4 is 40.4 Å². The van der Waals surface area contributed by atoms with Crippen LogP contribution in [0.25, 0.3) is 0 Å². The van der Waals surface area contributed by atoms with Gasteiger partial charge >= 0.3 is 11.8 Å². The van der Waals surface area contributed by atoms with Gasteiger partial charge in [0.25, 0.3) is 0 Å². The van der Waals surface area contributed by atoms with Gasteiger partial charge in [-0.1, -0.05) is 12.2 Å². The monoisotopic (exact) mass is 306 g/mol. The Morgan fingerprint density at radius 2 is 1.76 bits per heavy atom. The molecule has 2 rings (SSSR count). The largest absolute Gasteiger partial charge is 0.392 e. The van der Waals surface area contributed by atoms with Gasteiger partial charge in [-0.3, -0.25) is 9.59 Å². The van der Waals surface area contributed by atoms with Gasteiger partial charge in [0.15, 0.2) is 0 Å². The van der Waals surface area contributed by atoms with Gasteiger partial charge in [0, 0.05) is 24.5 Å². The topological polar surface area (TPSA) is 87.5 Å². The minimum absolute atomic E-state index is 0.00941. The number of carbonyl (C=O) groups excluding carboxylic acids is 2. The SMILES string of the molecule is NC(=S)CNC(=O)C(=O)Nc1ccc(N2CCCC2)cc1. The van der Waals surface area contributed by atoms with Gasteiger partial charge in [-0.15, -0.1) is 0 Å². The second-order valence-electron chi connectivity index (χ2n) is 4.84. The highest BCUT2D eigenvalue weighted by molar-refractivity contribution is 7.80. The fraction of sp³-hybridized carbons (Fsp3) is 0.357. The van der Waals surface area contributed by atoms with Gasteiger partial charge in [0.05, 0.1) is 11.5 Å². The van der Waals surface area contributed by atoms with E-state index in [1.165, 1.54) is 12.8 Å². The maximum absolute atomic E-state index is 11.6. The van der Waals surface area contributed by atoms with Crippen LogP contribution in [0.3, 0.4) is 0 Å². The number of thiocarbonyl (C=S) groups is 1. The molecule has 1 saturated heterocycles. The number of rotatable bonds is 4. The first-order chi connectivity index (χ1) is 10.1. The van der Waals surface area contributed by atoms with Crippen LogP contribution in [0.5, 0.6) is 0 Å². The fourth-order valence-corrected chi connectivity index (χ4v) is 2.24. The van der Waals surface area contributed by atoms with Crippen molar-refractivity contribution in [2.45, 2.75) is 12.8 Å². The maximum Gasteiger partial charge on any atom is 0.313 e. The van der Waals surface area contributed by atoms with E-state index in [2.05, 4.69) is 27.8 Å². The van der Waals surface area contributed by atoms with E-state index < -0.39 is 11.8 Å². The molecule has 0 atom stereocenters. The third kappa shape index (κ3) is 4.42. The summed E-state index contributed by atoms with van der Waals surface area (Å²) in [6, 6.07) is 7.44. The molecule has 4 N–H and O–H groups in total. The van der Waals surface area contributed by atoms with E-state index in [0.29, 0.717) is 5.69 Å². The van der Waals surface area contributed by atoms with Gasteiger partial charge in [0.2, 0.25) is 0 Å². The van der Waals surface area contributed by atoms with Crippen molar-refractivity contribution in [3.05, 3.63) is 24.3 Å². The number of amides is 2. The smallest absolute Gasteiger partial charge is 0.313 e. The molecule has 0 unspecified atom stereocenters. The number of nitrogens with two attached hydrogens (primary N) is 1. The number of carbonyl (C=O) groups is 2. The highest BCUT2D eigenvalue weighted by atomic mass is 32.1. The van der Waals surface area contributed by atoms with Crippen molar-refractivity contribution in [2.24, 2.45) is 5.73 Å². The standard InChI is InChI=1S/C14H18N4O2S/c15-12(21)9-16-13(19)14(20)17-10-3-5-11(6-4-10)18-7-1-2-8-18/h3-6H,1-2,7-9H2,(H2,15,21)(H,16,19)(H,17,20). The molecule has 0 saturated carbocycles. The predicted octanol–water partition coefficient (Wildman–Crippen LogP) is 0.628. The van der Waals surface area contributed by atoms with Crippen molar-refractivity contribution < 1.29 is 9.59 Å². The van der Waals surface area contributed by atoms with Gasteiger partial charge in [0.1, 0.15) is 0 Å². The molecule has 0 aromatic heterocycles. The molecule has 112 valence electrons. The van der Waals surface area contributed by atoms with E-state index in [1.807, 2.05) is 12.1 Å². The Balaban J connectivity index is 1.88. The van der Waals surface area contributed by atoms with Gasteiger partial charge in [-0.25, -0.2) is 0 Å². The lowest BCUT2D eigenvalue weighted by atomic mass is 10.2. The molecule has 0 aliphatic carbocycles. The predicted molar refractivity (Wildman–Crippen MR) is 86.3 cm³/mol. The van der Waals surface area contributed by atoms with Gasteiger partial charge < -0.3 is 21.3 Å². The minimum atomic E-state index is -0.758. The van der Waals surface area contributed by atoms with E-state index in [1.54, 1.807) is 12.1 Å². The highest BCUT2D eigenvalue weighted by Gasteiger charge is 2.15. The maximum atomic E-state index is 11.6. The summed E-state index contributed by atoms with van der Waals surface area (Å²) >= 11 is 4.62. The van der Waals surface area contributed by atoms with Crippen molar-refractivity contribution in [2.75, 3.05) is 29.9 Å². The van der Waals surface area contributed by atoms with Crippen molar-refractivity contribution in [3.63, 3.8) is 0 Å². The number of hydrogen-bond acceptors (Lipinski definition) is 4. The average molecular weight is 306 g/mol. The van der Waals surface area contributed by atoms with Crippen LogP contribution in [0.1, 0.15) is 12.8 Å². The summed E-state index contributed by atoms with van der Waals surface area (Å²) in [6.07, 6.45) is 2.42. The minimum Gasteiger partial charge on any atom is -0.392 e. The Hall–Kier alpha value is -2.15. The lowest BCUT2D eigenvalue weighted by Gasteiger charge is -2.17. The summed E-state index contributed by atoms with van der Waals surface area (Å²) in [7, 11) is 0. The average Bonchev–Trinajstić information content (AvgIpc) is 2.99. The molecule has 1 aromatic carbocycles. The van der Waals surface area contributed by atoms with Crippen LogP contribution in [0, 0.1) is 0 Å². The number of nitrogens with one attached hydrogen (secondary N) is 2. The molecule has 1 aromatic rings. The molecule has 21 heavy (non-hydrogen) atoms. The van der Waals surface area contributed by atoms with Crippen molar-refractivity contribution in [1.29, 1.82) is 0 Å². The van der Waals surface area contributed by atoms with Crippen LogP contribution in [-0.2, 0) is 9.59 Å². The van der Waals surface area contributed by atoms with Crippen LogP contribution in [-0.4, -0.2) is 36.4 Å². The highest BCUT2D eigenvalue weighted by Crippen LogP contribution is 2.21. The first kappa shape index (κ1) is 15.2. The molecule has 7 heteroatoms. The van der Waals surface area contributed by atoms with Crippen molar-refractivity contribution in [3.8, 4) is 0 Å². The Labute approximate surface area is 128 Å². The summed E-state index contributed by atoms with van der Waals surface area (Å²) in [4.78, 5) is 25.6. The summed E-state index contributed by atoms with van der Waals surface area (Å²) in [6.45, 7) is 2.13. The van der Waals surface area contributed by atoms with E-state index in [9.17, 15) is 9.59 Å². The molecule has 0 spiro atoms. The second kappa shape index (κ2) is 7.03. The van der Waals surface area contributed by atoms with E-state index in [-0.39, 0.29) is 11.5 Å². The lowest BCUT2D eigenvalue weighted by Crippen LogP contribution is -2.39. The van der Waals surface area contributed by atoms with E-state index in [4.69, 9.17) is 5.73 Å². The van der Waals surface area contributed by atoms with Gasteiger partial charge in [-0.05, 0) is 37.1 Å². The molecule has 1 aliphatic rings. The summed E-state index contributed by atoms with van der Waals surface area (Å²) in [5.41, 5.74) is 6.96. The Kier molecular flexibility index (Phi) is 5.10. The summed E-state index contributed by atoms with van der Waals surface area (Å²) < 4.78 is 0. The third-order valence-electron chi connectivity index (χ3n) is 3.23. The molecule has 1 aliphatic heterocycles. The molecular weight excluding hydrogens is 288 g/mol. The number of nitrogens with zero attached hydrogens (tertiary/aromatic N) is 1. The summed E-state index contributed by atoms with van der Waals surface area (Å²) in [5.74, 6) is -1.49. The normalized spacial score (nSPS) is 13.8. The number of hydrogen-bond donors (Lipinski definition) is 3. The van der Waals surface area contributed by atoms with E-state index >= 15 is 0 Å². The molecule has 2 amide bonds. The van der Waals surface area contributed by atoms with Crippen LogP contribution in [0.2, 0.25) is 0 Å². The summed E-state index contributed by atoms with van der Waals surface area (Å²) in [5, 5.41) is 4.86. The molecule has 0 bridgehead atoms. The zero-order valence-corrected chi connectivity index (χ0v) is 12.4. The number of benzene rings is 1. The van der Waals surface area contributed by atoms with Crippen LogP contribution >= 0.6 is 12.2 Å². The van der Waals surface area contributed by atoms with Crippen LogP contribution in [0.4, 0.5) is 11.4 Å². The molecule has 6 nitrogen and oxygen atoms in total.